The van der Waals surface area contributed by atoms with E-state index >= 15 is 0 Å². The molecule has 1 aliphatic rings. The molecule has 0 radical (unpaired) electrons. The lowest BCUT2D eigenvalue weighted by atomic mass is 10.4. The highest BCUT2D eigenvalue weighted by atomic mass is 35.5. The maximum Gasteiger partial charge on any atom is 0.00767 e. The molecule has 0 aliphatic carbocycles. The zero-order valence-corrected chi connectivity index (χ0v) is 6.99. The van der Waals surface area contributed by atoms with Gasteiger partial charge in [-0.25, -0.2) is 0 Å². The minimum absolute atomic E-state index is 0. The van der Waals surface area contributed by atoms with Crippen LogP contribution < -0.4 is 10.6 Å². The van der Waals surface area contributed by atoms with E-state index in [1.807, 2.05) is 0 Å². The van der Waals surface area contributed by atoms with Crippen molar-refractivity contribution in [3.8, 4) is 0 Å². The van der Waals surface area contributed by atoms with Gasteiger partial charge in [-0.2, -0.15) is 0 Å². The Labute approximate surface area is 68.6 Å². The summed E-state index contributed by atoms with van der Waals surface area (Å²) in [7, 11) is 0. The first-order valence-electron chi connectivity index (χ1n) is 2.91. The van der Waals surface area contributed by atoms with E-state index in [1.165, 1.54) is 19.5 Å². The Morgan fingerprint density at radius 3 is 1.56 bits per heavy atom. The summed E-state index contributed by atoms with van der Waals surface area (Å²) in [6.07, 6.45) is 1.28. The van der Waals surface area contributed by atoms with Crippen LogP contribution in [0.5, 0.6) is 0 Å². The predicted molar refractivity (Wildman–Crippen MR) is 44.9 cm³/mol. The summed E-state index contributed by atoms with van der Waals surface area (Å²) in [5.41, 5.74) is 0. The molecular weight excluding hydrogens is 159 g/mol. The number of nitrogens with one attached hydrogen (secondary N) is 2. The fourth-order valence-electron chi connectivity index (χ4n) is 0.765. The molecule has 0 unspecified atom stereocenters. The summed E-state index contributed by atoms with van der Waals surface area (Å²) in [6, 6.07) is 0. The van der Waals surface area contributed by atoms with E-state index in [1.54, 1.807) is 0 Å². The summed E-state index contributed by atoms with van der Waals surface area (Å²) in [5, 5.41) is 6.57. The van der Waals surface area contributed by atoms with Gasteiger partial charge in [-0.3, -0.25) is 0 Å². The zero-order chi connectivity index (χ0) is 4.95. The highest BCUT2D eigenvalue weighted by Crippen LogP contribution is 1.75. The van der Waals surface area contributed by atoms with Gasteiger partial charge < -0.3 is 10.6 Å². The molecule has 0 spiro atoms. The van der Waals surface area contributed by atoms with Gasteiger partial charge >= 0.3 is 0 Å². The molecule has 0 aromatic carbocycles. The van der Waals surface area contributed by atoms with E-state index in [4.69, 9.17) is 0 Å². The lowest BCUT2D eigenvalue weighted by Crippen LogP contribution is -2.21. The Kier molecular flexibility index (Phi) is 11.5. The number of rotatable bonds is 0. The lowest BCUT2D eigenvalue weighted by molar-refractivity contribution is 0.718. The Morgan fingerprint density at radius 2 is 1.11 bits per heavy atom. The van der Waals surface area contributed by atoms with E-state index < -0.39 is 0 Å². The Balaban J connectivity index is 0. The Bertz CT molecular complexity index is 32.6. The van der Waals surface area contributed by atoms with Gasteiger partial charge in [0.25, 0.3) is 0 Å². The van der Waals surface area contributed by atoms with Crippen LogP contribution in [0, 0.1) is 0 Å². The van der Waals surface area contributed by atoms with Crippen LogP contribution in [0.25, 0.3) is 0 Å². The van der Waals surface area contributed by atoms with Gasteiger partial charge in [0.15, 0.2) is 0 Å². The number of hydrogen-bond acceptors (Lipinski definition) is 2. The van der Waals surface area contributed by atoms with Crippen molar-refractivity contribution in [2.45, 2.75) is 6.42 Å². The fourth-order valence-corrected chi connectivity index (χ4v) is 0.765. The molecular formula is C5H14Cl2N2. The monoisotopic (exact) mass is 172 g/mol. The van der Waals surface area contributed by atoms with Crippen LogP contribution in [0.3, 0.4) is 0 Å². The van der Waals surface area contributed by atoms with Crippen LogP contribution >= 0.6 is 24.8 Å². The van der Waals surface area contributed by atoms with Crippen molar-refractivity contribution in [2.75, 3.05) is 26.2 Å². The van der Waals surface area contributed by atoms with Crippen molar-refractivity contribution >= 4 is 24.8 Å². The van der Waals surface area contributed by atoms with Crippen LogP contribution in [-0.2, 0) is 0 Å². The van der Waals surface area contributed by atoms with Crippen molar-refractivity contribution in [1.82, 2.24) is 10.6 Å². The van der Waals surface area contributed by atoms with Crippen molar-refractivity contribution in [3.05, 3.63) is 0 Å². The number of halogens is 2. The zero-order valence-electron chi connectivity index (χ0n) is 5.35. The quantitative estimate of drug-likeness (QED) is 0.554. The summed E-state index contributed by atoms with van der Waals surface area (Å²) in [6.45, 7) is 4.65. The first-order valence-corrected chi connectivity index (χ1v) is 2.91. The minimum atomic E-state index is 0. The molecule has 0 atom stereocenters. The Morgan fingerprint density at radius 1 is 0.667 bits per heavy atom. The largest absolute Gasteiger partial charge is 0.315 e. The molecule has 0 saturated carbocycles. The first kappa shape index (κ1) is 12.2. The third kappa shape index (κ3) is 6.38. The second kappa shape index (κ2) is 8.50. The second-order valence-corrected chi connectivity index (χ2v) is 1.85. The molecule has 9 heavy (non-hydrogen) atoms. The molecule has 1 heterocycles. The maximum atomic E-state index is 3.28. The molecule has 0 aromatic rings. The third-order valence-electron chi connectivity index (χ3n) is 1.19. The molecule has 0 amide bonds. The molecule has 2 N–H and O–H groups in total. The van der Waals surface area contributed by atoms with Gasteiger partial charge in [-0.15, -0.1) is 24.8 Å². The summed E-state index contributed by atoms with van der Waals surface area (Å²) < 4.78 is 0. The molecule has 58 valence electrons. The van der Waals surface area contributed by atoms with E-state index in [0.29, 0.717) is 0 Å². The normalized spacial score (nSPS) is 18.7. The molecule has 1 saturated heterocycles. The Hall–Kier alpha value is 0.500. The molecule has 0 aromatic heterocycles. The summed E-state index contributed by atoms with van der Waals surface area (Å²) >= 11 is 0. The molecule has 2 nitrogen and oxygen atoms in total. The lowest BCUT2D eigenvalue weighted by Gasteiger charge is -1.92. The molecule has 1 rings (SSSR count). The predicted octanol–water partition coefficient (Wildman–Crippen LogP) is 0.413. The molecule has 1 aliphatic heterocycles. The van der Waals surface area contributed by atoms with Crippen LogP contribution in [0.15, 0.2) is 0 Å². The van der Waals surface area contributed by atoms with Gasteiger partial charge in [0.2, 0.25) is 0 Å². The highest BCUT2D eigenvalue weighted by molar-refractivity contribution is 5.85. The minimum Gasteiger partial charge on any atom is -0.315 e. The maximum absolute atomic E-state index is 3.28. The summed E-state index contributed by atoms with van der Waals surface area (Å²) in [4.78, 5) is 0. The highest BCUT2D eigenvalue weighted by Gasteiger charge is 1.92. The van der Waals surface area contributed by atoms with Gasteiger partial charge in [-0.1, -0.05) is 0 Å². The average molecular weight is 173 g/mol. The van der Waals surface area contributed by atoms with E-state index in [2.05, 4.69) is 10.6 Å². The SMILES string of the molecule is C1CNCCNC1.Cl.Cl. The molecule has 4 heteroatoms. The van der Waals surface area contributed by atoms with Gasteiger partial charge in [0, 0.05) is 13.1 Å². The van der Waals surface area contributed by atoms with Crippen LogP contribution in [-0.4, -0.2) is 26.2 Å². The van der Waals surface area contributed by atoms with Gasteiger partial charge in [-0.05, 0) is 19.5 Å². The van der Waals surface area contributed by atoms with Gasteiger partial charge in [0.1, 0.15) is 0 Å². The average Bonchev–Trinajstić information content (AvgIpc) is 1.90. The van der Waals surface area contributed by atoms with Crippen molar-refractivity contribution in [2.24, 2.45) is 0 Å². The van der Waals surface area contributed by atoms with Crippen molar-refractivity contribution < 1.29 is 0 Å². The smallest absolute Gasteiger partial charge is 0.00767 e. The van der Waals surface area contributed by atoms with Crippen LogP contribution in [0.1, 0.15) is 6.42 Å². The van der Waals surface area contributed by atoms with Crippen LogP contribution in [0.2, 0.25) is 0 Å². The third-order valence-corrected chi connectivity index (χ3v) is 1.19. The van der Waals surface area contributed by atoms with Crippen molar-refractivity contribution in [1.29, 1.82) is 0 Å². The van der Waals surface area contributed by atoms with E-state index in [9.17, 15) is 0 Å². The topological polar surface area (TPSA) is 24.1 Å². The van der Waals surface area contributed by atoms with Crippen LogP contribution in [0.4, 0.5) is 0 Å². The van der Waals surface area contributed by atoms with Gasteiger partial charge in [0.05, 0.1) is 0 Å². The standard InChI is InChI=1S/C5H12N2.2ClH/c1-2-6-4-5-7-3-1;;/h6-7H,1-5H2;2*1H. The fraction of sp³-hybridized carbons (Fsp3) is 1.00. The van der Waals surface area contributed by atoms with Crippen molar-refractivity contribution in [3.63, 3.8) is 0 Å². The molecule has 1 fully saturated rings. The molecule has 0 bridgehead atoms. The second-order valence-electron chi connectivity index (χ2n) is 1.85. The summed E-state index contributed by atoms with van der Waals surface area (Å²) in [5.74, 6) is 0. The number of hydrogen-bond donors (Lipinski definition) is 2. The van der Waals surface area contributed by atoms with E-state index in [0.717, 1.165) is 13.1 Å². The first-order chi connectivity index (χ1) is 3.50. The van der Waals surface area contributed by atoms with E-state index in [-0.39, 0.29) is 24.8 Å².